The molecule has 2 bridgehead atoms. The molecule has 2 aliphatic rings. The molecule has 2 fully saturated rings. The zero-order chi connectivity index (χ0) is 15.1. The number of amides is 1. The van der Waals surface area contributed by atoms with E-state index in [1.165, 1.54) is 22.5 Å². The standard InChI is InChI=1S/C15H18N2O3S/c1-7(2)10-8-3-4-9(10)12(14(19)20)11(8)13(18)17-15-16-5-6-21-15/h5-6,8-9,11-12H,3-4H2,1-2H3,(H,19,20)(H,16,17,18)/t8-,9+,11-,12+/m1/s1. The average molecular weight is 306 g/mol. The maximum absolute atomic E-state index is 12.6. The molecule has 1 aromatic heterocycles. The number of hydrogen-bond donors (Lipinski definition) is 2. The molecule has 0 unspecified atom stereocenters. The van der Waals surface area contributed by atoms with Gasteiger partial charge >= 0.3 is 5.97 Å². The molecule has 1 aromatic rings. The number of anilines is 1. The first kappa shape index (κ1) is 14.3. The van der Waals surface area contributed by atoms with Crippen molar-refractivity contribution in [3.8, 4) is 0 Å². The summed E-state index contributed by atoms with van der Waals surface area (Å²) in [5.41, 5.74) is 2.36. The zero-order valence-corrected chi connectivity index (χ0v) is 12.8. The van der Waals surface area contributed by atoms with Crippen LogP contribution >= 0.6 is 11.3 Å². The Morgan fingerprint density at radius 1 is 1.29 bits per heavy atom. The Kier molecular flexibility index (Phi) is 3.57. The molecule has 0 aromatic carbocycles. The number of allylic oxidation sites excluding steroid dienone is 2. The van der Waals surface area contributed by atoms with E-state index in [-0.39, 0.29) is 17.7 Å². The fourth-order valence-corrected chi connectivity index (χ4v) is 4.61. The van der Waals surface area contributed by atoms with Crippen LogP contribution in [0.15, 0.2) is 22.7 Å². The lowest BCUT2D eigenvalue weighted by molar-refractivity contribution is -0.148. The van der Waals surface area contributed by atoms with E-state index in [1.54, 1.807) is 11.6 Å². The van der Waals surface area contributed by atoms with Gasteiger partial charge < -0.3 is 10.4 Å². The van der Waals surface area contributed by atoms with Gasteiger partial charge in [-0.1, -0.05) is 11.1 Å². The summed E-state index contributed by atoms with van der Waals surface area (Å²) >= 11 is 1.34. The Bertz CT molecular complexity index is 604. The van der Waals surface area contributed by atoms with Crippen LogP contribution in [0.2, 0.25) is 0 Å². The smallest absolute Gasteiger partial charge is 0.307 e. The summed E-state index contributed by atoms with van der Waals surface area (Å²) in [6, 6.07) is 0. The van der Waals surface area contributed by atoms with E-state index in [0.29, 0.717) is 5.13 Å². The SMILES string of the molecule is CC(C)=C1[C@H]2CC[C@@H]1[C@H](C(=O)O)[C@@H]2C(=O)Nc1nccs1. The third-order valence-corrected chi connectivity index (χ3v) is 5.36. The minimum absolute atomic E-state index is 0.0181. The molecule has 2 aliphatic carbocycles. The Morgan fingerprint density at radius 3 is 2.48 bits per heavy atom. The van der Waals surface area contributed by atoms with Crippen LogP contribution in [-0.2, 0) is 9.59 Å². The summed E-state index contributed by atoms with van der Waals surface area (Å²) < 4.78 is 0. The fraction of sp³-hybridized carbons (Fsp3) is 0.533. The van der Waals surface area contributed by atoms with Gasteiger partial charge in [0.25, 0.3) is 0 Å². The number of aliphatic carboxylic acids is 1. The number of thiazole rings is 1. The normalized spacial score (nSPS) is 30.5. The summed E-state index contributed by atoms with van der Waals surface area (Å²) in [5.74, 6) is -2.06. The number of rotatable bonds is 3. The van der Waals surface area contributed by atoms with Crippen LogP contribution in [0.5, 0.6) is 0 Å². The van der Waals surface area contributed by atoms with Crippen molar-refractivity contribution in [3.05, 3.63) is 22.7 Å². The lowest BCUT2D eigenvalue weighted by Crippen LogP contribution is -2.37. The van der Waals surface area contributed by atoms with Gasteiger partial charge in [-0.2, -0.15) is 0 Å². The maximum atomic E-state index is 12.6. The van der Waals surface area contributed by atoms with Gasteiger partial charge in [-0.25, -0.2) is 4.98 Å². The molecule has 2 saturated carbocycles. The van der Waals surface area contributed by atoms with Crippen LogP contribution in [0.1, 0.15) is 26.7 Å². The van der Waals surface area contributed by atoms with E-state index in [9.17, 15) is 14.7 Å². The highest BCUT2D eigenvalue weighted by Gasteiger charge is 2.57. The molecule has 5 nitrogen and oxygen atoms in total. The number of carbonyl (C=O) groups is 2. The lowest BCUT2D eigenvalue weighted by atomic mass is 9.79. The molecule has 0 spiro atoms. The molecular formula is C15H18N2O3S. The number of aromatic nitrogens is 1. The van der Waals surface area contributed by atoms with E-state index < -0.39 is 17.8 Å². The van der Waals surface area contributed by atoms with Gasteiger partial charge in [0.1, 0.15) is 0 Å². The van der Waals surface area contributed by atoms with Crippen LogP contribution in [0.3, 0.4) is 0 Å². The molecule has 1 heterocycles. The molecule has 0 aliphatic heterocycles. The predicted octanol–water partition coefficient (Wildman–Crippen LogP) is 2.77. The lowest BCUT2D eigenvalue weighted by Gasteiger charge is -2.25. The Balaban J connectivity index is 1.91. The van der Waals surface area contributed by atoms with Gasteiger partial charge in [-0.05, 0) is 38.5 Å². The first-order valence-corrected chi connectivity index (χ1v) is 7.99. The maximum Gasteiger partial charge on any atom is 0.307 e. The second kappa shape index (κ2) is 5.26. The largest absolute Gasteiger partial charge is 0.481 e. The highest BCUT2D eigenvalue weighted by atomic mass is 32.1. The van der Waals surface area contributed by atoms with Crippen LogP contribution in [-0.4, -0.2) is 22.0 Å². The third-order valence-electron chi connectivity index (χ3n) is 4.67. The van der Waals surface area contributed by atoms with Crippen molar-refractivity contribution in [1.82, 2.24) is 4.98 Å². The van der Waals surface area contributed by atoms with Crippen molar-refractivity contribution in [3.63, 3.8) is 0 Å². The molecule has 4 atom stereocenters. The summed E-state index contributed by atoms with van der Waals surface area (Å²) in [4.78, 5) is 28.3. The molecule has 3 rings (SSSR count). The number of fused-ring (bicyclic) bond motifs is 2. The Labute approximate surface area is 127 Å². The predicted molar refractivity (Wildman–Crippen MR) is 79.9 cm³/mol. The van der Waals surface area contributed by atoms with Crippen molar-refractivity contribution >= 4 is 28.3 Å². The van der Waals surface area contributed by atoms with Gasteiger partial charge in [-0.3, -0.25) is 9.59 Å². The van der Waals surface area contributed by atoms with E-state index >= 15 is 0 Å². The van der Waals surface area contributed by atoms with E-state index in [4.69, 9.17) is 0 Å². The molecule has 0 saturated heterocycles. The first-order valence-electron chi connectivity index (χ1n) is 7.11. The summed E-state index contributed by atoms with van der Waals surface area (Å²) in [6.45, 7) is 4.03. The molecule has 1 amide bonds. The summed E-state index contributed by atoms with van der Waals surface area (Å²) in [5, 5.41) is 14.7. The Hall–Kier alpha value is -1.69. The first-order chi connectivity index (χ1) is 10.0. The van der Waals surface area contributed by atoms with Crippen molar-refractivity contribution in [2.45, 2.75) is 26.7 Å². The van der Waals surface area contributed by atoms with Crippen LogP contribution in [0.4, 0.5) is 5.13 Å². The number of carbonyl (C=O) groups excluding carboxylic acids is 1. The highest BCUT2D eigenvalue weighted by Crippen LogP contribution is 2.57. The monoisotopic (exact) mass is 306 g/mol. The van der Waals surface area contributed by atoms with E-state index in [1.807, 2.05) is 13.8 Å². The number of hydrogen-bond acceptors (Lipinski definition) is 4. The van der Waals surface area contributed by atoms with E-state index in [2.05, 4.69) is 10.3 Å². The van der Waals surface area contributed by atoms with Crippen LogP contribution < -0.4 is 5.32 Å². The zero-order valence-electron chi connectivity index (χ0n) is 12.0. The van der Waals surface area contributed by atoms with E-state index in [0.717, 1.165) is 12.8 Å². The van der Waals surface area contributed by atoms with Gasteiger partial charge in [0.05, 0.1) is 11.8 Å². The minimum Gasteiger partial charge on any atom is -0.481 e. The third kappa shape index (κ3) is 2.27. The molecule has 21 heavy (non-hydrogen) atoms. The number of nitrogens with one attached hydrogen (secondary N) is 1. The molecule has 112 valence electrons. The van der Waals surface area contributed by atoms with Crippen molar-refractivity contribution < 1.29 is 14.7 Å². The topological polar surface area (TPSA) is 79.3 Å². The fourth-order valence-electron chi connectivity index (χ4n) is 4.08. The molecule has 2 N–H and O–H groups in total. The molecule has 0 radical (unpaired) electrons. The van der Waals surface area contributed by atoms with Crippen molar-refractivity contribution in [1.29, 1.82) is 0 Å². The van der Waals surface area contributed by atoms with Gasteiger partial charge in [0.2, 0.25) is 5.91 Å². The molecular weight excluding hydrogens is 288 g/mol. The van der Waals surface area contributed by atoms with Gasteiger partial charge in [-0.15, -0.1) is 11.3 Å². The van der Waals surface area contributed by atoms with Gasteiger partial charge in [0, 0.05) is 11.6 Å². The minimum atomic E-state index is -0.861. The van der Waals surface area contributed by atoms with Crippen LogP contribution in [0, 0.1) is 23.7 Å². The van der Waals surface area contributed by atoms with Gasteiger partial charge in [0.15, 0.2) is 5.13 Å². The molecule has 6 heteroatoms. The number of carboxylic acid groups (broad SMARTS) is 1. The summed E-state index contributed by atoms with van der Waals surface area (Å²) in [6.07, 6.45) is 3.41. The Morgan fingerprint density at radius 2 is 1.95 bits per heavy atom. The van der Waals surface area contributed by atoms with Crippen molar-refractivity contribution in [2.75, 3.05) is 5.32 Å². The number of nitrogens with zero attached hydrogens (tertiary/aromatic N) is 1. The quantitative estimate of drug-likeness (QED) is 0.842. The second-order valence-electron chi connectivity index (χ2n) is 5.96. The highest BCUT2D eigenvalue weighted by molar-refractivity contribution is 7.13. The summed E-state index contributed by atoms with van der Waals surface area (Å²) in [7, 11) is 0. The van der Waals surface area contributed by atoms with Crippen LogP contribution in [0.25, 0.3) is 0 Å². The second-order valence-corrected chi connectivity index (χ2v) is 6.86. The average Bonchev–Trinajstić information content (AvgIpc) is 3.11. The number of carboxylic acids is 1. The van der Waals surface area contributed by atoms with Crippen molar-refractivity contribution in [2.24, 2.45) is 23.7 Å².